The maximum Gasteiger partial charge on any atom is 0.416 e. The Labute approximate surface area is 127 Å². The second kappa shape index (κ2) is 5.64. The van der Waals surface area contributed by atoms with Crippen LogP contribution >= 0.6 is 15.9 Å². The molecular formula is C12H8BrF3N2O2S. The van der Waals surface area contributed by atoms with Crippen LogP contribution in [0.4, 0.5) is 19.0 Å². The number of rotatable bonds is 3. The number of benzene rings is 1. The summed E-state index contributed by atoms with van der Waals surface area (Å²) in [7, 11) is -4.15. The second-order valence-corrected chi connectivity index (χ2v) is 6.47. The number of hydrogen-bond acceptors (Lipinski definition) is 3. The fourth-order valence-electron chi connectivity index (χ4n) is 1.50. The number of aromatic nitrogens is 1. The summed E-state index contributed by atoms with van der Waals surface area (Å²) >= 11 is 3.07. The fraction of sp³-hybridized carbons (Fsp3) is 0.0833. The molecule has 112 valence electrons. The van der Waals surface area contributed by atoms with Crippen LogP contribution in [0.15, 0.2) is 52.0 Å². The lowest BCUT2D eigenvalue weighted by atomic mass is 10.2. The first-order valence-electron chi connectivity index (χ1n) is 5.51. The standard InChI is InChI=1S/C12H8BrF3N2O2S/c13-10-5-2-6-11(17-10)18-21(19,20)9-4-1-3-8(7-9)12(14,15)16/h1-7H,(H,17,18). The number of anilines is 1. The van der Waals surface area contributed by atoms with Crippen molar-refractivity contribution in [1.29, 1.82) is 0 Å². The van der Waals surface area contributed by atoms with E-state index in [1.165, 1.54) is 6.07 Å². The van der Waals surface area contributed by atoms with Crippen LogP contribution in [0, 0.1) is 0 Å². The zero-order valence-corrected chi connectivity index (χ0v) is 12.6. The molecule has 2 aromatic rings. The molecule has 0 saturated carbocycles. The summed E-state index contributed by atoms with van der Waals surface area (Å²) in [6, 6.07) is 8.00. The Morgan fingerprint density at radius 2 is 1.76 bits per heavy atom. The van der Waals surface area contributed by atoms with Crippen molar-refractivity contribution in [3.8, 4) is 0 Å². The Kier molecular flexibility index (Phi) is 4.24. The SMILES string of the molecule is O=S(=O)(Nc1cccc(Br)n1)c1cccc(C(F)(F)F)c1. The predicted molar refractivity (Wildman–Crippen MR) is 74.2 cm³/mol. The van der Waals surface area contributed by atoms with Gasteiger partial charge in [-0.3, -0.25) is 4.72 Å². The summed E-state index contributed by atoms with van der Waals surface area (Å²) in [6.07, 6.45) is -4.61. The molecule has 21 heavy (non-hydrogen) atoms. The van der Waals surface area contributed by atoms with Gasteiger partial charge in [0.2, 0.25) is 0 Å². The zero-order valence-electron chi connectivity index (χ0n) is 10.2. The zero-order chi connectivity index (χ0) is 15.7. The van der Waals surface area contributed by atoms with Gasteiger partial charge in [0.15, 0.2) is 0 Å². The minimum Gasteiger partial charge on any atom is -0.263 e. The number of nitrogens with zero attached hydrogens (tertiary/aromatic N) is 1. The van der Waals surface area contributed by atoms with Crippen molar-refractivity contribution in [3.05, 3.63) is 52.6 Å². The van der Waals surface area contributed by atoms with Crippen molar-refractivity contribution in [2.24, 2.45) is 0 Å². The van der Waals surface area contributed by atoms with Gasteiger partial charge in [0, 0.05) is 0 Å². The third kappa shape index (κ3) is 3.94. The maximum atomic E-state index is 12.6. The van der Waals surface area contributed by atoms with E-state index in [1.54, 1.807) is 12.1 Å². The Bertz CT molecular complexity index is 763. The van der Waals surface area contributed by atoms with Gasteiger partial charge in [-0.1, -0.05) is 12.1 Å². The summed E-state index contributed by atoms with van der Waals surface area (Å²) in [5, 5.41) is 0. The van der Waals surface area contributed by atoms with Crippen molar-refractivity contribution >= 4 is 31.8 Å². The molecule has 9 heteroatoms. The number of sulfonamides is 1. The number of nitrogens with one attached hydrogen (secondary N) is 1. The average Bonchev–Trinajstić information content (AvgIpc) is 2.37. The summed E-state index contributed by atoms with van der Waals surface area (Å²) < 4.78 is 64.4. The van der Waals surface area contributed by atoms with Gasteiger partial charge in [0.25, 0.3) is 10.0 Å². The molecule has 0 spiro atoms. The van der Waals surface area contributed by atoms with Gasteiger partial charge >= 0.3 is 6.18 Å². The van der Waals surface area contributed by atoms with E-state index >= 15 is 0 Å². The first-order valence-corrected chi connectivity index (χ1v) is 7.79. The van der Waals surface area contributed by atoms with Crippen LogP contribution in [0.1, 0.15) is 5.56 Å². The van der Waals surface area contributed by atoms with Gasteiger partial charge in [-0.05, 0) is 46.3 Å². The molecule has 0 amide bonds. The molecule has 0 saturated heterocycles. The molecule has 1 heterocycles. The number of pyridine rings is 1. The Balaban J connectivity index is 2.36. The van der Waals surface area contributed by atoms with E-state index in [-0.39, 0.29) is 5.82 Å². The van der Waals surface area contributed by atoms with Gasteiger partial charge in [-0.15, -0.1) is 0 Å². The molecule has 0 bridgehead atoms. The first-order chi connectivity index (χ1) is 9.68. The summed E-state index contributed by atoms with van der Waals surface area (Å²) in [4.78, 5) is 3.37. The van der Waals surface area contributed by atoms with Crippen LogP contribution < -0.4 is 4.72 Å². The van der Waals surface area contributed by atoms with Gasteiger partial charge in [0.1, 0.15) is 10.4 Å². The lowest BCUT2D eigenvalue weighted by Crippen LogP contribution is -2.15. The molecule has 4 nitrogen and oxygen atoms in total. The maximum absolute atomic E-state index is 12.6. The Morgan fingerprint density at radius 1 is 1.10 bits per heavy atom. The third-order valence-electron chi connectivity index (χ3n) is 2.43. The van der Waals surface area contributed by atoms with Crippen LogP contribution in [-0.2, 0) is 16.2 Å². The van der Waals surface area contributed by atoms with Crippen LogP contribution in [0.25, 0.3) is 0 Å². The molecule has 0 aliphatic heterocycles. The van der Waals surface area contributed by atoms with Crippen LogP contribution in [-0.4, -0.2) is 13.4 Å². The highest BCUT2D eigenvalue weighted by Gasteiger charge is 2.31. The van der Waals surface area contributed by atoms with E-state index in [1.807, 2.05) is 0 Å². The number of alkyl halides is 3. The van der Waals surface area contributed by atoms with Crippen molar-refractivity contribution in [2.75, 3.05) is 4.72 Å². The highest BCUT2D eigenvalue weighted by molar-refractivity contribution is 9.10. The van der Waals surface area contributed by atoms with E-state index in [0.717, 1.165) is 18.2 Å². The summed E-state index contributed by atoms with van der Waals surface area (Å²) in [5.74, 6) is 0.00165. The topological polar surface area (TPSA) is 59.1 Å². The summed E-state index contributed by atoms with van der Waals surface area (Å²) in [6.45, 7) is 0. The highest BCUT2D eigenvalue weighted by Crippen LogP contribution is 2.30. The quantitative estimate of drug-likeness (QED) is 0.826. The highest BCUT2D eigenvalue weighted by atomic mass is 79.9. The van der Waals surface area contributed by atoms with E-state index < -0.39 is 26.7 Å². The van der Waals surface area contributed by atoms with E-state index in [2.05, 4.69) is 25.6 Å². The fourth-order valence-corrected chi connectivity index (χ4v) is 2.89. The van der Waals surface area contributed by atoms with E-state index in [0.29, 0.717) is 10.7 Å². The summed E-state index contributed by atoms with van der Waals surface area (Å²) in [5.41, 5.74) is -1.03. The van der Waals surface area contributed by atoms with Gasteiger partial charge < -0.3 is 0 Å². The average molecular weight is 381 g/mol. The van der Waals surface area contributed by atoms with E-state index in [4.69, 9.17) is 0 Å². The smallest absolute Gasteiger partial charge is 0.263 e. The van der Waals surface area contributed by atoms with Crippen LogP contribution in [0.5, 0.6) is 0 Å². The molecule has 0 radical (unpaired) electrons. The molecule has 2 rings (SSSR count). The molecule has 0 aliphatic carbocycles. The Hall–Kier alpha value is -1.61. The normalized spacial score (nSPS) is 12.2. The molecule has 0 atom stereocenters. The monoisotopic (exact) mass is 380 g/mol. The van der Waals surface area contributed by atoms with Crippen molar-refractivity contribution in [2.45, 2.75) is 11.1 Å². The van der Waals surface area contributed by atoms with Crippen LogP contribution in [0.2, 0.25) is 0 Å². The molecule has 0 unspecified atom stereocenters. The predicted octanol–water partition coefficient (Wildman–Crippen LogP) is 3.66. The molecule has 1 aromatic carbocycles. The Morgan fingerprint density at radius 3 is 2.38 bits per heavy atom. The minimum atomic E-state index is -4.61. The lowest BCUT2D eigenvalue weighted by molar-refractivity contribution is -0.137. The van der Waals surface area contributed by atoms with Crippen molar-refractivity contribution in [3.63, 3.8) is 0 Å². The molecule has 1 aromatic heterocycles. The molecule has 0 aliphatic rings. The first kappa shape index (κ1) is 15.8. The van der Waals surface area contributed by atoms with E-state index in [9.17, 15) is 21.6 Å². The number of halogens is 4. The van der Waals surface area contributed by atoms with Gasteiger partial charge in [-0.2, -0.15) is 13.2 Å². The van der Waals surface area contributed by atoms with Crippen LogP contribution in [0.3, 0.4) is 0 Å². The van der Waals surface area contributed by atoms with Gasteiger partial charge in [-0.25, -0.2) is 13.4 Å². The molecule has 1 N–H and O–H groups in total. The third-order valence-corrected chi connectivity index (χ3v) is 4.22. The molecular weight excluding hydrogens is 373 g/mol. The minimum absolute atomic E-state index is 0.00165. The largest absolute Gasteiger partial charge is 0.416 e. The molecule has 0 fully saturated rings. The van der Waals surface area contributed by atoms with Gasteiger partial charge in [0.05, 0.1) is 10.5 Å². The number of hydrogen-bond donors (Lipinski definition) is 1. The van der Waals surface area contributed by atoms with Crippen molar-refractivity contribution < 1.29 is 21.6 Å². The van der Waals surface area contributed by atoms with Crippen molar-refractivity contribution in [1.82, 2.24) is 4.98 Å². The lowest BCUT2D eigenvalue weighted by Gasteiger charge is -2.10. The second-order valence-electron chi connectivity index (χ2n) is 3.98.